The summed E-state index contributed by atoms with van der Waals surface area (Å²) in [5, 5.41) is 7.80. The number of benzene rings is 1. The maximum Gasteiger partial charge on any atom is 0.0199 e. The second-order valence-corrected chi connectivity index (χ2v) is 6.24. The average Bonchev–Trinajstić information content (AvgIpc) is 2.89. The lowest BCUT2D eigenvalue weighted by molar-refractivity contribution is 0.618. The van der Waals surface area contributed by atoms with Crippen molar-refractivity contribution in [1.82, 2.24) is 5.32 Å². The first-order chi connectivity index (χ1) is 8.79. The number of hydrogen-bond acceptors (Lipinski definition) is 3. The Balaban J connectivity index is 1.89. The largest absolute Gasteiger partial charge is 0.316 e. The number of rotatable bonds is 6. The SMILES string of the molecule is CNC(CSc1ccccc1C)Cc1ccsc1. The molecule has 1 nitrogen and oxygen atoms in total. The minimum atomic E-state index is 0.532. The van der Waals surface area contributed by atoms with E-state index in [1.807, 2.05) is 11.8 Å². The van der Waals surface area contributed by atoms with Crippen LogP contribution in [0.15, 0.2) is 46.0 Å². The van der Waals surface area contributed by atoms with Gasteiger partial charge in [0.25, 0.3) is 0 Å². The first-order valence-corrected chi connectivity index (χ1v) is 8.09. The molecule has 0 aliphatic carbocycles. The molecule has 0 fully saturated rings. The predicted molar refractivity (Wildman–Crippen MR) is 82.8 cm³/mol. The van der Waals surface area contributed by atoms with E-state index in [2.05, 4.69) is 60.4 Å². The van der Waals surface area contributed by atoms with Crippen molar-refractivity contribution in [2.45, 2.75) is 24.3 Å². The van der Waals surface area contributed by atoms with Gasteiger partial charge in [0.2, 0.25) is 0 Å². The number of likely N-dealkylation sites (N-methyl/N-ethyl adjacent to an activating group) is 1. The van der Waals surface area contributed by atoms with E-state index >= 15 is 0 Å². The highest BCUT2D eigenvalue weighted by Gasteiger charge is 2.09. The Morgan fingerprint density at radius 3 is 2.78 bits per heavy atom. The lowest BCUT2D eigenvalue weighted by atomic mass is 10.1. The molecule has 1 aromatic heterocycles. The Morgan fingerprint density at radius 1 is 1.28 bits per heavy atom. The van der Waals surface area contributed by atoms with Gasteiger partial charge in [-0.25, -0.2) is 0 Å². The quantitative estimate of drug-likeness (QED) is 0.802. The zero-order valence-corrected chi connectivity index (χ0v) is 12.5. The molecule has 1 atom stereocenters. The normalized spacial score (nSPS) is 12.6. The molecule has 0 amide bonds. The van der Waals surface area contributed by atoms with E-state index in [1.54, 1.807) is 11.3 Å². The minimum Gasteiger partial charge on any atom is -0.316 e. The predicted octanol–water partition coefficient (Wildman–Crippen LogP) is 3.98. The van der Waals surface area contributed by atoms with Gasteiger partial charge in [-0.1, -0.05) is 18.2 Å². The van der Waals surface area contributed by atoms with Crippen LogP contribution in [0.4, 0.5) is 0 Å². The standard InChI is InChI=1S/C15H19NS2/c1-12-5-3-4-6-15(12)18-11-14(16-2)9-13-7-8-17-10-13/h3-8,10,14,16H,9,11H2,1-2H3. The van der Waals surface area contributed by atoms with Gasteiger partial charge in [-0.15, -0.1) is 11.8 Å². The smallest absolute Gasteiger partial charge is 0.0199 e. The van der Waals surface area contributed by atoms with Gasteiger partial charge in [0.15, 0.2) is 0 Å². The van der Waals surface area contributed by atoms with Gasteiger partial charge in [0, 0.05) is 16.7 Å². The van der Waals surface area contributed by atoms with E-state index in [-0.39, 0.29) is 0 Å². The van der Waals surface area contributed by atoms with Crippen LogP contribution in [0.2, 0.25) is 0 Å². The first kappa shape index (κ1) is 13.7. The zero-order valence-electron chi connectivity index (χ0n) is 10.8. The van der Waals surface area contributed by atoms with Crippen LogP contribution in [0, 0.1) is 6.92 Å². The van der Waals surface area contributed by atoms with Crippen LogP contribution >= 0.6 is 23.1 Å². The number of hydrogen-bond donors (Lipinski definition) is 1. The highest BCUT2D eigenvalue weighted by molar-refractivity contribution is 7.99. The van der Waals surface area contributed by atoms with Crippen LogP contribution in [0.5, 0.6) is 0 Å². The summed E-state index contributed by atoms with van der Waals surface area (Å²) < 4.78 is 0. The summed E-state index contributed by atoms with van der Waals surface area (Å²) in [5.74, 6) is 1.11. The van der Waals surface area contributed by atoms with Crippen molar-refractivity contribution in [1.29, 1.82) is 0 Å². The van der Waals surface area contributed by atoms with Crippen LogP contribution in [0.25, 0.3) is 0 Å². The van der Waals surface area contributed by atoms with Crippen molar-refractivity contribution in [3.8, 4) is 0 Å². The van der Waals surface area contributed by atoms with Crippen LogP contribution in [-0.4, -0.2) is 18.8 Å². The molecule has 3 heteroatoms. The Kier molecular flexibility index (Phi) is 5.29. The van der Waals surface area contributed by atoms with E-state index in [1.165, 1.54) is 16.0 Å². The summed E-state index contributed by atoms with van der Waals surface area (Å²) in [4.78, 5) is 1.39. The molecule has 96 valence electrons. The third kappa shape index (κ3) is 3.87. The molecule has 1 unspecified atom stereocenters. The average molecular weight is 277 g/mol. The molecule has 18 heavy (non-hydrogen) atoms. The lowest BCUT2D eigenvalue weighted by Gasteiger charge is -2.15. The van der Waals surface area contributed by atoms with Crippen LogP contribution in [0.3, 0.4) is 0 Å². The topological polar surface area (TPSA) is 12.0 Å². The van der Waals surface area contributed by atoms with Gasteiger partial charge in [0.1, 0.15) is 0 Å². The molecule has 0 bridgehead atoms. The van der Waals surface area contributed by atoms with Gasteiger partial charge in [-0.3, -0.25) is 0 Å². The van der Waals surface area contributed by atoms with Crippen molar-refractivity contribution in [2.75, 3.05) is 12.8 Å². The monoisotopic (exact) mass is 277 g/mol. The van der Waals surface area contributed by atoms with Gasteiger partial charge < -0.3 is 5.32 Å². The maximum absolute atomic E-state index is 3.41. The summed E-state index contributed by atoms with van der Waals surface area (Å²) in [6.07, 6.45) is 1.11. The molecule has 0 radical (unpaired) electrons. The van der Waals surface area contributed by atoms with Crippen LogP contribution in [0.1, 0.15) is 11.1 Å². The minimum absolute atomic E-state index is 0.532. The molecule has 0 saturated heterocycles. The third-order valence-electron chi connectivity index (χ3n) is 3.00. The molecule has 0 aliphatic heterocycles. The van der Waals surface area contributed by atoms with Crippen LogP contribution in [-0.2, 0) is 6.42 Å². The summed E-state index contributed by atoms with van der Waals surface area (Å²) >= 11 is 3.72. The number of thioether (sulfide) groups is 1. The highest BCUT2D eigenvalue weighted by Crippen LogP contribution is 2.23. The number of aryl methyl sites for hydroxylation is 1. The summed E-state index contributed by atoms with van der Waals surface area (Å²) in [7, 11) is 2.05. The zero-order chi connectivity index (χ0) is 12.8. The van der Waals surface area contributed by atoms with Gasteiger partial charge in [0.05, 0.1) is 0 Å². The molecular formula is C15H19NS2. The Labute approximate surface area is 118 Å². The number of thiophene rings is 1. The molecule has 2 aromatic rings. The summed E-state index contributed by atoms with van der Waals surface area (Å²) in [6, 6.07) is 11.3. The van der Waals surface area contributed by atoms with Crippen molar-refractivity contribution >= 4 is 23.1 Å². The fraction of sp³-hybridized carbons (Fsp3) is 0.333. The van der Waals surface area contributed by atoms with Crippen molar-refractivity contribution in [3.05, 3.63) is 52.2 Å². The third-order valence-corrected chi connectivity index (χ3v) is 5.07. The summed E-state index contributed by atoms with van der Waals surface area (Å²) in [6.45, 7) is 2.18. The van der Waals surface area contributed by atoms with E-state index in [0.717, 1.165) is 12.2 Å². The molecule has 2 rings (SSSR count). The fourth-order valence-electron chi connectivity index (χ4n) is 1.85. The van der Waals surface area contributed by atoms with E-state index in [9.17, 15) is 0 Å². The van der Waals surface area contributed by atoms with E-state index in [0.29, 0.717) is 6.04 Å². The molecule has 0 spiro atoms. The Morgan fingerprint density at radius 2 is 2.11 bits per heavy atom. The van der Waals surface area contributed by atoms with E-state index in [4.69, 9.17) is 0 Å². The van der Waals surface area contributed by atoms with E-state index < -0.39 is 0 Å². The van der Waals surface area contributed by atoms with Gasteiger partial charge in [-0.2, -0.15) is 11.3 Å². The van der Waals surface area contributed by atoms with Gasteiger partial charge >= 0.3 is 0 Å². The maximum atomic E-state index is 3.41. The fourth-order valence-corrected chi connectivity index (χ4v) is 3.66. The second kappa shape index (κ2) is 6.98. The molecule has 0 saturated carbocycles. The lowest BCUT2D eigenvalue weighted by Crippen LogP contribution is -2.29. The first-order valence-electron chi connectivity index (χ1n) is 6.16. The molecule has 0 aliphatic rings. The number of nitrogens with one attached hydrogen (secondary N) is 1. The highest BCUT2D eigenvalue weighted by atomic mass is 32.2. The van der Waals surface area contributed by atoms with Crippen molar-refractivity contribution in [3.63, 3.8) is 0 Å². The second-order valence-electron chi connectivity index (χ2n) is 4.40. The molecule has 1 N–H and O–H groups in total. The Hall–Kier alpha value is -0.770. The summed E-state index contributed by atoms with van der Waals surface area (Å²) in [5.41, 5.74) is 2.80. The van der Waals surface area contributed by atoms with Crippen molar-refractivity contribution < 1.29 is 0 Å². The molecular weight excluding hydrogens is 258 g/mol. The van der Waals surface area contributed by atoms with Crippen LogP contribution < -0.4 is 5.32 Å². The van der Waals surface area contributed by atoms with Crippen molar-refractivity contribution in [2.24, 2.45) is 0 Å². The Bertz CT molecular complexity index is 465. The molecule has 1 aromatic carbocycles. The van der Waals surface area contributed by atoms with Gasteiger partial charge in [-0.05, 0) is 54.4 Å². The molecule has 1 heterocycles.